The lowest BCUT2D eigenvalue weighted by atomic mass is 10.2. The fourth-order valence-corrected chi connectivity index (χ4v) is 1.39. The number of nitrogen functional groups attached to an aromatic ring is 1. The summed E-state index contributed by atoms with van der Waals surface area (Å²) in [5.41, 5.74) is 7.94. The van der Waals surface area contributed by atoms with Crippen molar-refractivity contribution in [3.63, 3.8) is 0 Å². The molecule has 15 heavy (non-hydrogen) atoms. The highest BCUT2D eigenvalue weighted by Gasteiger charge is 2.06. The molecule has 4 heteroatoms. The maximum Gasteiger partial charge on any atom is 0.223 e. The largest absolute Gasteiger partial charge is 0.368 e. The van der Waals surface area contributed by atoms with Crippen LogP contribution in [0.3, 0.4) is 0 Å². The molecule has 0 spiro atoms. The minimum atomic E-state index is 0.440. The summed E-state index contributed by atoms with van der Waals surface area (Å²) in [6.45, 7) is 4.06. The molecule has 0 aliphatic carbocycles. The lowest BCUT2D eigenvalue weighted by molar-refractivity contribution is 0.845. The molecular weight excluding hydrogens is 188 g/mol. The van der Waals surface area contributed by atoms with E-state index in [9.17, 15) is 0 Å². The maximum absolute atomic E-state index is 5.78. The fraction of sp³-hybridized carbons (Fsp3) is 0.273. The van der Waals surface area contributed by atoms with Crippen molar-refractivity contribution in [1.29, 1.82) is 0 Å². The second-order valence-corrected chi connectivity index (χ2v) is 3.49. The number of aromatic nitrogens is 3. The first-order valence-electron chi connectivity index (χ1n) is 4.99. The Kier molecular flexibility index (Phi) is 2.41. The molecule has 2 N–H and O–H groups in total. The van der Waals surface area contributed by atoms with Gasteiger partial charge in [-0.25, -0.2) is 0 Å². The van der Waals surface area contributed by atoms with Gasteiger partial charge in [-0.3, -0.25) is 0 Å². The zero-order valence-corrected chi connectivity index (χ0v) is 8.94. The molecule has 0 saturated carbocycles. The standard InChI is InChI=1S/C11H14N4/c1-3-10-13-11(12)15(14-10)9-6-4-8(2)5-7-9/h4-7H,3H2,1-2H3,(H2,12,13,14). The molecule has 0 saturated heterocycles. The fourth-order valence-electron chi connectivity index (χ4n) is 1.39. The van der Waals surface area contributed by atoms with Gasteiger partial charge in [-0.15, -0.1) is 5.10 Å². The van der Waals surface area contributed by atoms with Gasteiger partial charge in [0.2, 0.25) is 5.95 Å². The van der Waals surface area contributed by atoms with Crippen molar-refractivity contribution in [2.45, 2.75) is 20.3 Å². The van der Waals surface area contributed by atoms with Gasteiger partial charge in [0.25, 0.3) is 0 Å². The van der Waals surface area contributed by atoms with Crippen molar-refractivity contribution >= 4 is 5.95 Å². The van der Waals surface area contributed by atoms with Crippen molar-refractivity contribution in [2.75, 3.05) is 5.73 Å². The van der Waals surface area contributed by atoms with E-state index in [1.807, 2.05) is 38.1 Å². The van der Waals surface area contributed by atoms with Gasteiger partial charge in [0.05, 0.1) is 5.69 Å². The van der Waals surface area contributed by atoms with E-state index in [2.05, 4.69) is 10.1 Å². The molecule has 1 aromatic carbocycles. The Morgan fingerprint density at radius 3 is 2.47 bits per heavy atom. The molecular formula is C11H14N4. The first-order chi connectivity index (χ1) is 7.20. The zero-order chi connectivity index (χ0) is 10.8. The monoisotopic (exact) mass is 202 g/mol. The van der Waals surface area contributed by atoms with Crippen molar-refractivity contribution < 1.29 is 0 Å². The third-order valence-corrected chi connectivity index (χ3v) is 2.27. The van der Waals surface area contributed by atoms with E-state index in [-0.39, 0.29) is 0 Å². The van der Waals surface area contributed by atoms with Crippen LogP contribution in [-0.2, 0) is 6.42 Å². The minimum Gasteiger partial charge on any atom is -0.368 e. The summed E-state index contributed by atoms with van der Waals surface area (Å²) >= 11 is 0. The zero-order valence-electron chi connectivity index (χ0n) is 8.94. The molecule has 0 amide bonds. The van der Waals surface area contributed by atoms with Crippen LogP contribution in [0.1, 0.15) is 18.3 Å². The topological polar surface area (TPSA) is 56.7 Å². The predicted octanol–water partition coefficient (Wildman–Crippen LogP) is 1.72. The summed E-state index contributed by atoms with van der Waals surface area (Å²) in [6.07, 6.45) is 0.795. The van der Waals surface area contributed by atoms with E-state index in [0.717, 1.165) is 17.9 Å². The Bertz CT molecular complexity index is 456. The summed E-state index contributed by atoms with van der Waals surface area (Å²) in [5.74, 6) is 1.21. The molecule has 2 rings (SSSR count). The van der Waals surface area contributed by atoms with Crippen molar-refractivity contribution in [3.05, 3.63) is 35.7 Å². The first kappa shape index (κ1) is 9.71. The SMILES string of the molecule is CCc1nc(N)n(-c2ccc(C)cc2)n1. The molecule has 0 aliphatic heterocycles. The van der Waals surface area contributed by atoms with Gasteiger partial charge in [-0.05, 0) is 19.1 Å². The van der Waals surface area contributed by atoms with Crippen LogP contribution in [0, 0.1) is 6.92 Å². The number of nitrogens with zero attached hydrogens (tertiary/aromatic N) is 3. The smallest absolute Gasteiger partial charge is 0.223 e. The predicted molar refractivity (Wildman–Crippen MR) is 59.9 cm³/mol. The molecule has 4 nitrogen and oxygen atoms in total. The Morgan fingerprint density at radius 2 is 1.93 bits per heavy atom. The van der Waals surface area contributed by atoms with Gasteiger partial charge in [0.1, 0.15) is 0 Å². The van der Waals surface area contributed by atoms with E-state index in [4.69, 9.17) is 5.73 Å². The Morgan fingerprint density at radius 1 is 1.27 bits per heavy atom. The number of hydrogen-bond acceptors (Lipinski definition) is 3. The highest BCUT2D eigenvalue weighted by molar-refractivity contribution is 5.38. The molecule has 78 valence electrons. The van der Waals surface area contributed by atoms with Crippen LogP contribution in [-0.4, -0.2) is 14.8 Å². The van der Waals surface area contributed by atoms with Gasteiger partial charge in [-0.1, -0.05) is 24.6 Å². The van der Waals surface area contributed by atoms with Gasteiger partial charge in [0.15, 0.2) is 5.82 Å². The summed E-state index contributed by atoms with van der Waals surface area (Å²) in [4.78, 5) is 4.16. The Hall–Kier alpha value is -1.84. The van der Waals surface area contributed by atoms with E-state index in [0.29, 0.717) is 5.95 Å². The molecule has 0 bridgehead atoms. The van der Waals surface area contributed by atoms with E-state index < -0.39 is 0 Å². The average Bonchev–Trinajstić information content (AvgIpc) is 2.61. The first-order valence-corrected chi connectivity index (χ1v) is 4.99. The van der Waals surface area contributed by atoms with Crippen LogP contribution >= 0.6 is 0 Å². The number of nitrogens with two attached hydrogens (primary N) is 1. The molecule has 0 aliphatic rings. The number of anilines is 1. The van der Waals surface area contributed by atoms with Crippen LogP contribution in [0.5, 0.6) is 0 Å². The van der Waals surface area contributed by atoms with Gasteiger partial charge in [-0.2, -0.15) is 9.67 Å². The van der Waals surface area contributed by atoms with Crippen molar-refractivity contribution in [1.82, 2.24) is 14.8 Å². The summed E-state index contributed by atoms with van der Waals surface area (Å²) in [5, 5.41) is 4.31. The number of aryl methyl sites for hydroxylation is 2. The van der Waals surface area contributed by atoms with Crippen LogP contribution < -0.4 is 5.73 Å². The van der Waals surface area contributed by atoms with Crippen LogP contribution in [0.4, 0.5) is 5.95 Å². The highest BCUT2D eigenvalue weighted by Crippen LogP contribution is 2.12. The molecule has 0 unspecified atom stereocenters. The molecule has 1 aromatic heterocycles. The maximum atomic E-state index is 5.78. The van der Waals surface area contributed by atoms with Crippen LogP contribution in [0.15, 0.2) is 24.3 Å². The number of benzene rings is 1. The van der Waals surface area contributed by atoms with E-state index in [1.165, 1.54) is 5.56 Å². The lowest BCUT2D eigenvalue weighted by Gasteiger charge is -2.02. The normalized spacial score (nSPS) is 10.5. The van der Waals surface area contributed by atoms with E-state index >= 15 is 0 Å². The second-order valence-electron chi connectivity index (χ2n) is 3.49. The molecule has 1 heterocycles. The molecule has 0 atom stereocenters. The van der Waals surface area contributed by atoms with E-state index in [1.54, 1.807) is 4.68 Å². The van der Waals surface area contributed by atoms with Crippen LogP contribution in [0.25, 0.3) is 5.69 Å². The van der Waals surface area contributed by atoms with Crippen LogP contribution in [0.2, 0.25) is 0 Å². The third-order valence-electron chi connectivity index (χ3n) is 2.27. The summed E-state index contributed by atoms with van der Waals surface area (Å²) in [6, 6.07) is 8.03. The number of rotatable bonds is 2. The molecule has 0 radical (unpaired) electrons. The summed E-state index contributed by atoms with van der Waals surface area (Å²) in [7, 11) is 0. The van der Waals surface area contributed by atoms with Crippen molar-refractivity contribution in [2.24, 2.45) is 0 Å². The third kappa shape index (κ3) is 1.83. The molecule has 2 aromatic rings. The average molecular weight is 202 g/mol. The summed E-state index contributed by atoms with van der Waals surface area (Å²) < 4.78 is 1.66. The van der Waals surface area contributed by atoms with Gasteiger partial charge < -0.3 is 5.73 Å². The van der Waals surface area contributed by atoms with Gasteiger partial charge in [0, 0.05) is 6.42 Å². The second kappa shape index (κ2) is 3.73. The van der Waals surface area contributed by atoms with Gasteiger partial charge >= 0.3 is 0 Å². The highest BCUT2D eigenvalue weighted by atomic mass is 15.4. The van der Waals surface area contributed by atoms with Crippen molar-refractivity contribution in [3.8, 4) is 5.69 Å². The Balaban J connectivity index is 2.44. The molecule has 0 fully saturated rings. The number of hydrogen-bond donors (Lipinski definition) is 1. The quantitative estimate of drug-likeness (QED) is 0.806. The lowest BCUT2D eigenvalue weighted by Crippen LogP contribution is -2.02. The Labute approximate surface area is 88.8 Å². The minimum absolute atomic E-state index is 0.440.